The molecule has 30 heavy (non-hydrogen) atoms. The fourth-order valence-electron chi connectivity index (χ4n) is 3.08. The summed E-state index contributed by atoms with van der Waals surface area (Å²) in [5.74, 6) is -1.36. The molecular formula is C21H20BrClN2O5. The number of esters is 1. The molecule has 7 nitrogen and oxygen atoms in total. The highest BCUT2D eigenvalue weighted by molar-refractivity contribution is 9.10. The molecule has 2 aromatic rings. The van der Waals surface area contributed by atoms with E-state index in [2.05, 4.69) is 21.2 Å². The molecule has 0 bridgehead atoms. The predicted octanol–water partition coefficient (Wildman–Crippen LogP) is 4.04. The molecule has 0 spiro atoms. The first kappa shape index (κ1) is 22.1. The second-order valence-corrected chi connectivity index (χ2v) is 7.85. The molecular weight excluding hydrogens is 476 g/mol. The topological polar surface area (TPSA) is 84.9 Å². The van der Waals surface area contributed by atoms with Gasteiger partial charge in [0.2, 0.25) is 5.91 Å². The highest BCUT2D eigenvalue weighted by Gasteiger charge is 2.37. The molecule has 3 rings (SSSR count). The van der Waals surface area contributed by atoms with Gasteiger partial charge in [-0.15, -0.1) is 0 Å². The Morgan fingerprint density at radius 1 is 1.27 bits per heavy atom. The molecule has 0 radical (unpaired) electrons. The van der Waals surface area contributed by atoms with E-state index in [-0.39, 0.29) is 18.9 Å². The second kappa shape index (κ2) is 9.95. The number of rotatable bonds is 7. The van der Waals surface area contributed by atoms with Crippen LogP contribution in [-0.2, 0) is 19.1 Å². The Kier molecular flexibility index (Phi) is 7.33. The fourth-order valence-corrected chi connectivity index (χ4v) is 3.51. The zero-order valence-corrected chi connectivity index (χ0v) is 18.5. The lowest BCUT2D eigenvalue weighted by molar-refractivity contribution is -0.151. The van der Waals surface area contributed by atoms with E-state index in [4.69, 9.17) is 21.1 Å². The van der Waals surface area contributed by atoms with Crippen LogP contribution in [0.25, 0.3) is 0 Å². The highest BCUT2D eigenvalue weighted by Crippen LogP contribution is 2.33. The lowest BCUT2D eigenvalue weighted by Gasteiger charge is -2.19. The molecule has 1 N–H and O–H groups in total. The van der Waals surface area contributed by atoms with Crippen LogP contribution in [0.15, 0.2) is 46.9 Å². The molecule has 1 fully saturated rings. The van der Waals surface area contributed by atoms with Crippen molar-refractivity contribution in [1.29, 1.82) is 0 Å². The van der Waals surface area contributed by atoms with E-state index in [1.165, 1.54) is 4.90 Å². The van der Waals surface area contributed by atoms with Crippen LogP contribution in [0.2, 0.25) is 5.02 Å². The van der Waals surface area contributed by atoms with Crippen LogP contribution in [0.1, 0.15) is 13.3 Å². The number of nitrogens with one attached hydrogen (secondary N) is 1. The summed E-state index contributed by atoms with van der Waals surface area (Å²) < 4.78 is 11.4. The normalized spacial score (nSPS) is 15.8. The maximum atomic E-state index is 12.5. The van der Waals surface area contributed by atoms with E-state index in [1.54, 1.807) is 36.4 Å². The Labute approximate surface area is 187 Å². The van der Waals surface area contributed by atoms with E-state index in [0.29, 0.717) is 33.2 Å². The van der Waals surface area contributed by atoms with Gasteiger partial charge in [-0.2, -0.15) is 0 Å². The number of carbonyl (C=O) groups excluding carboxylic acids is 3. The van der Waals surface area contributed by atoms with Crippen LogP contribution in [0, 0.1) is 5.92 Å². The minimum atomic E-state index is -0.651. The van der Waals surface area contributed by atoms with Gasteiger partial charge < -0.3 is 19.7 Å². The largest absolute Gasteiger partial charge is 0.492 e. The summed E-state index contributed by atoms with van der Waals surface area (Å²) in [5, 5.41) is 3.05. The lowest BCUT2D eigenvalue weighted by Crippen LogP contribution is -2.28. The lowest BCUT2D eigenvalue weighted by atomic mass is 10.1. The van der Waals surface area contributed by atoms with Gasteiger partial charge in [0.25, 0.3) is 5.91 Å². The molecule has 0 saturated carbocycles. The van der Waals surface area contributed by atoms with Crippen molar-refractivity contribution in [3.63, 3.8) is 0 Å². The van der Waals surface area contributed by atoms with E-state index in [1.807, 2.05) is 13.0 Å². The third-order valence-corrected chi connectivity index (χ3v) is 5.70. The highest BCUT2D eigenvalue weighted by atomic mass is 79.9. The zero-order valence-electron chi connectivity index (χ0n) is 16.2. The van der Waals surface area contributed by atoms with Gasteiger partial charge >= 0.3 is 5.97 Å². The van der Waals surface area contributed by atoms with Gasteiger partial charge in [0.1, 0.15) is 5.75 Å². The second-order valence-electron chi connectivity index (χ2n) is 6.59. The minimum absolute atomic E-state index is 0.0171. The van der Waals surface area contributed by atoms with Crippen molar-refractivity contribution in [2.75, 3.05) is 30.0 Å². The summed E-state index contributed by atoms with van der Waals surface area (Å²) >= 11 is 9.26. The summed E-state index contributed by atoms with van der Waals surface area (Å²) in [6, 6.07) is 12.1. The average Bonchev–Trinajstić information content (AvgIpc) is 3.11. The van der Waals surface area contributed by atoms with Crippen LogP contribution in [-0.4, -0.2) is 37.5 Å². The number of nitrogens with zero attached hydrogens (tertiary/aromatic N) is 1. The Morgan fingerprint density at radius 3 is 2.77 bits per heavy atom. The van der Waals surface area contributed by atoms with E-state index < -0.39 is 24.4 Å². The van der Waals surface area contributed by atoms with E-state index >= 15 is 0 Å². The first-order valence-electron chi connectivity index (χ1n) is 9.32. The summed E-state index contributed by atoms with van der Waals surface area (Å²) in [6.45, 7) is 2.04. The number of carbonyl (C=O) groups is 3. The van der Waals surface area contributed by atoms with Crippen molar-refractivity contribution in [3.8, 4) is 5.75 Å². The number of anilines is 2. The van der Waals surface area contributed by atoms with Crippen LogP contribution >= 0.6 is 27.5 Å². The smallest absolute Gasteiger partial charge is 0.311 e. The number of benzene rings is 2. The molecule has 1 atom stereocenters. The Morgan fingerprint density at radius 2 is 2.03 bits per heavy atom. The number of ether oxygens (including phenoxy) is 2. The van der Waals surface area contributed by atoms with Gasteiger partial charge in [0.05, 0.1) is 23.2 Å². The monoisotopic (exact) mass is 494 g/mol. The van der Waals surface area contributed by atoms with Crippen LogP contribution in [0.5, 0.6) is 5.75 Å². The molecule has 1 aliphatic rings. The molecule has 0 unspecified atom stereocenters. The van der Waals surface area contributed by atoms with Crippen molar-refractivity contribution >= 4 is 56.7 Å². The van der Waals surface area contributed by atoms with Crippen LogP contribution in [0.3, 0.4) is 0 Å². The molecule has 158 valence electrons. The predicted molar refractivity (Wildman–Crippen MR) is 117 cm³/mol. The van der Waals surface area contributed by atoms with E-state index in [0.717, 1.165) is 0 Å². The van der Waals surface area contributed by atoms with Gasteiger partial charge in [-0.05, 0) is 53.2 Å². The Hall–Kier alpha value is -2.58. The number of hydrogen-bond donors (Lipinski definition) is 1. The fraction of sp³-hybridized carbons (Fsp3) is 0.286. The first-order chi connectivity index (χ1) is 14.4. The minimum Gasteiger partial charge on any atom is -0.492 e. The number of halogens is 2. The van der Waals surface area contributed by atoms with Crippen molar-refractivity contribution in [2.24, 2.45) is 5.92 Å². The van der Waals surface area contributed by atoms with Crippen molar-refractivity contribution in [2.45, 2.75) is 13.3 Å². The van der Waals surface area contributed by atoms with Gasteiger partial charge in [-0.25, -0.2) is 0 Å². The van der Waals surface area contributed by atoms with Crippen LogP contribution < -0.4 is 15.0 Å². The number of hydrogen-bond acceptors (Lipinski definition) is 5. The quantitative estimate of drug-likeness (QED) is 0.586. The number of amides is 2. The van der Waals surface area contributed by atoms with Gasteiger partial charge in [0.15, 0.2) is 6.61 Å². The van der Waals surface area contributed by atoms with Crippen molar-refractivity contribution < 1.29 is 23.9 Å². The molecule has 1 aliphatic heterocycles. The third-order valence-electron chi connectivity index (χ3n) is 4.46. The number of para-hydroxylation sites is 2. The summed E-state index contributed by atoms with van der Waals surface area (Å²) in [6.07, 6.45) is 0.0171. The molecule has 1 heterocycles. The first-order valence-corrected chi connectivity index (χ1v) is 10.5. The summed E-state index contributed by atoms with van der Waals surface area (Å²) in [4.78, 5) is 38.4. The maximum Gasteiger partial charge on any atom is 0.311 e. The molecule has 0 aromatic heterocycles. The van der Waals surface area contributed by atoms with Crippen molar-refractivity contribution in [1.82, 2.24) is 0 Å². The standard InChI is InChI=1S/C21H20BrClN2O5/c1-2-29-18-6-4-3-5-17(18)25-11-13(9-20(25)27)21(28)30-12-19(26)24-14-7-8-15(22)16(23)10-14/h3-8,10,13H,2,9,11-12H2,1H3,(H,24,26)/t13-/m1/s1. The SMILES string of the molecule is CCOc1ccccc1N1C[C@H](C(=O)OCC(=O)Nc2ccc(Br)c(Cl)c2)CC1=O. The Bertz CT molecular complexity index is 968. The maximum absolute atomic E-state index is 12.5. The Balaban J connectivity index is 1.56. The average molecular weight is 496 g/mol. The van der Waals surface area contributed by atoms with Gasteiger partial charge in [0, 0.05) is 23.1 Å². The van der Waals surface area contributed by atoms with Crippen molar-refractivity contribution in [3.05, 3.63) is 52.0 Å². The van der Waals surface area contributed by atoms with Gasteiger partial charge in [-0.3, -0.25) is 14.4 Å². The molecule has 0 aliphatic carbocycles. The molecule has 9 heteroatoms. The van der Waals surface area contributed by atoms with Crippen LogP contribution in [0.4, 0.5) is 11.4 Å². The van der Waals surface area contributed by atoms with E-state index in [9.17, 15) is 14.4 Å². The van der Waals surface area contributed by atoms with Gasteiger partial charge in [-0.1, -0.05) is 23.7 Å². The zero-order chi connectivity index (χ0) is 21.7. The summed E-state index contributed by atoms with van der Waals surface area (Å²) in [5.41, 5.74) is 1.10. The molecule has 1 saturated heterocycles. The molecule has 2 amide bonds. The molecule has 2 aromatic carbocycles. The summed E-state index contributed by atoms with van der Waals surface area (Å²) in [7, 11) is 0. The third kappa shape index (κ3) is 5.31.